The Hall–Kier alpha value is -3.39. The number of nitrogens with one attached hydrogen (secondary N) is 1. The fraction of sp³-hybridized carbons (Fsp3) is 0.227. The Kier molecular flexibility index (Phi) is 5.37. The summed E-state index contributed by atoms with van der Waals surface area (Å²) in [7, 11) is 1.76. The molecule has 0 fully saturated rings. The summed E-state index contributed by atoms with van der Waals surface area (Å²) in [6.07, 6.45) is 2.72. The van der Waals surface area contributed by atoms with Gasteiger partial charge in [0.05, 0.1) is 0 Å². The fourth-order valence-corrected chi connectivity index (χ4v) is 3.18. The number of hydrogen-bond acceptors (Lipinski definition) is 3. The summed E-state index contributed by atoms with van der Waals surface area (Å²) in [5.41, 5.74) is 4.87. The Morgan fingerprint density at radius 1 is 1.26 bits per heavy atom. The molecule has 27 heavy (non-hydrogen) atoms. The van der Waals surface area contributed by atoms with Gasteiger partial charge in [-0.1, -0.05) is 35.9 Å². The summed E-state index contributed by atoms with van der Waals surface area (Å²) in [5.74, 6) is -0.303. The maximum Gasteiger partial charge on any atom is 0.262 e. The molecule has 2 amide bonds. The Labute approximate surface area is 158 Å². The van der Waals surface area contributed by atoms with Crippen molar-refractivity contribution in [3.8, 4) is 6.07 Å². The largest absolute Gasteiger partial charge is 0.347 e. The number of amides is 2. The van der Waals surface area contributed by atoms with Crippen molar-refractivity contribution in [3.05, 3.63) is 70.3 Å². The Bertz CT molecular complexity index is 970. The number of nitrogens with zero attached hydrogens (tertiary/aromatic N) is 2. The van der Waals surface area contributed by atoms with Gasteiger partial charge in [-0.2, -0.15) is 5.26 Å². The molecule has 2 aromatic carbocycles. The van der Waals surface area contributed by atoms with E-state index in [1.807, 2.05) is 55.5 Å². The van der Waals surface area contributed by atoms with Gasteiger partial charge in [-0.15, -0.1) is 0 Å². The summed E-state index contributed by atoms with van der Waals surface area (Å²) in [6, 6.07) is 15.5. The number of benzene rings is 2. The second-order valence-corrected chi connectivity index (χ2v) is 6.68. The van der Waals surface area contributed by atoms with E-state index in [0.29, 0.717) is 19.4 Å². The average Bonchev–Trinajstić information content (AvgIpc) is 2.67. The SMILES string of the molecule is Cc1cccc(CNC(=O)/C(C#N)=C/c2ccc3c(c2)CCC(=O)N3C)c1. The van der Waals surface area contributed by atoms with Gasteiger partial charge in [0.2, 0.25) is 5.91 Å². The van der Waals surface area contributed by atoms with Gasteiger partial charge in [0.1, 0.15) is 11.6 Å². The summed E-state index contributed by atoms with van der Waals surface area (Å²) >= 11 is 0. The highest BCUT2D eigenvalue weighted by atomic mass is 16.2. The molecular weight excluding hydrogens is 338 g/mol. The monoisotopic (exact) mass is 359 g/mol. The predicted molar refractivity (Wildman–Crippen MR) is 105 cm³/mol. The second-order valence-electron chi connectivity index (χ2n) is 6.68. The van der Waals surface area contributed by atoms with E-state index in [-0.39, 0.29) is 11.5 Å². The molecule has 0 spiro atoms. The first-order chi connectivity index (χ1) is 13.0. The van der Waals surface area contributed by atoms with Crippen LogP contribution in [0.5, 0.6) is 0 Å². The number of aryl methyl sites for hydroxylation is 2. The Morgan fingerprint density at radius 2 is 2.07 bits per heavy atom. The van der Waals surface area contributed by atoms with Crippen molar-refractivity contribution in [2.45, 2.75) is 26.3 Å². The van der Waals surface area contributed by atoms with Crippen LogP contribution >= 0.6 is 0 Å². The van der Waals surface area contributed by atoms with Crippen LogP contribution in [0.2, 0.25) is 0 Å². The predicted octanol–water partition coefficient (Wildman–Crippen LogP) is 3.13. The first kappa shape index (κ1) is 18.4. The molecule has 0 atom stereocenters. The summed E-state index contributed by atoms with van der Waals surface area (Å²) in [5, 5.41) is 12.2. The van der Waals surface area contributed by atoms with Crippen LogP contribution in [0, 0.1) is 18.3 Å². The van der Waals surface area contributed by atoms with Crippen LogP contribution in [0.4, 0.5) is 5.69 Å². The quantitative estimate of drug-likeness (QED) is 0.673. The van der Waals surface area contributed by atoms with Gasteiger partial charge in [-0.25, -0.2) is 0 Å². The molecule has 2 aromatic rings. The van der Waals surface area contributed by atoms with Crippen molar-refractivity contribution in [3.63, 3.8) is 0 Å². The van der Waals surface area contributed by atoms with Crippen LogP contribution in [0.15, 0.2) is 48.0 Å². The smallest absolute Gasteiger partial charge is 0.262 e. The second kappa shape index (κ2) is 7.88. The molecule has 0 radical (unpaired) electrons. The van der Waals surface area contributed by atoms with E-state index in [9.17, 15) is 14.9 Å². The van der Waals surface area contributed by atoms with Crippen LogP contribution in [0.3, 0.4) is 0 Å². The molecule has 1 heterocycles. The lowest BCUT2D eigenvalue weighted by molar-refractivity contribution is -0.118. The van der Waals surface area contributed by atoms with Crippen LogP contribution in [-0.2, 0) is 22.6 Å². The molecule has 136 valence electrons. The van der Waals surface area contributed by atoms with E-state index in [2.05, 4.69) is 5.32 Å². The number of carbonyl (C=O) groups is 2. The third-order valence-corrected chi connectivity index (χ3v) is 4.66. The van der Waals surface area contributed by atoms with Crippen LogP contribution in [0.25, 0.3) is 6.08 Å². The molecule has 0 aliphatic carbocycles. The van der Waals surface area contributed by atoms with Gasteiger partial charge in [0.15, 0.2) is 0 Å². The normalized spacial score (nSPS) is 13.7. The highest BCUT2D eigenvalue weighted by Gasteiger charge is 2.20. The van der Waals surface area contributed by atoms with Crippen molar-refractivity contribution in [2.24, 2.45) is 0 Å². The van der Waals surface area contributed by atoms with Gasteiger partial charge in [-0.3, -0.25) is 9.59 Å². The van der Waals surface area contributed by atoms with Gasteiger partial charge in [0.25, 0.3) is 5.91 Å². The molecule has 1 N–H and O–H groups in total. The van der Waals surface area contributed by atoms with Gasteiger partial charge in [0, 0.05) is 25.7 Å². The van der Waals surface area contributed by atoms with E-state index >= 15 is 0 Å². The average molecular weight is 359 g/mol. The van der Waals surface area contributed by atoms with Crippen LogP contribution in [0.1, 0.15) is 28.7 Å². The number of hydrogen-bond donors (Lipinski definition) is 1. The van der Waals surface area contributed by atoms with E-state index < -0.39 is 5.91 Å². The van der Waals surface area contributed by atoms with Crippen molar-refractivity contribution in [1.82, 2.24) is 5.32 Å². The number of anilines is 1. The molecule has 1 aliphatic rings. The molecule has 0 bridgehead atoms. The maximum atomic E-state index is 12.4. The number of rotatable bonds is 4. The van der Waals surface area contributed by atoms with E-state index in [1.165, 1.54) is 0 Å². The molecule has 5 nitrogen and oxygen atoms in total. The summed E-state index contributed by atoms with van der Waals surface area (Å²) in [6.45, 7) is 2.36. The molecular formula is C22H21N3O2. The third kappa shape index (κ3) is 4.24. The van der Waals surface area contributed by atoms with Gasteiger partial charge < -0.3 is 10.2 Å². The Morgan fingerprint density at radius 3 is 2.81 bits per heavy atom. The number of carbonyl (C=O) groups excluding carboxylic acids is 2. The maximum absolute atomic E-state index is 12.4. The van der Waals surface area contributed by atoms with Crippen molar-refractivity contribution in [2.75, 3.05) is 11.9 Å². The lowest BCUT2D eigenvalue weighted by Gasteiger charge is -2.25. The zero-order valence-electron chi connectivity index (χ0n) is 15.5. The van der Waals surface area contributed by atoms with Gasteiger partial charge in [-0.05, 0) is 48.2 Å². The first-order valence-corrected chi connectivity index (χ1v) is 8.83. The lowest BCUT2D eigenvalue weighted by atomic mass is 9.98. The van der Waals surface area contributed by atoms with Crippen molar-refractivity contribution in [1.29, 1.82) is 5.26 Å². The Balaban J connectivity index is 1.75. The highest BCUT2D eigenvalue weighted by Crippen LogP contribution is 2.28. The molecule has 0 unspecified atom stereocenters. The highest BCUT2D eigenvalue weighted by molar-refractivity contribution is 6.02. The lowest BCUT2D eigenvalue weighted by Crippen LogP contribution is -2.31. The molecule has 3 rings (SSSR count). The summed E-state index contributed by atoms with van der Waals surface area (Å²) < 4.78 is 0. The molecule has 5 heteroatoms. The molecule has 0 saturated carbocycles. The van der Waals surface area contributed by atoms with E-state index in [1.54, 1.807) is 18.0 Å². The number of nitriles is 1. The number of fused-ring (bicyclic) bond motifs is 1. The first-order valence-electron chi connectivity index (χ1n) is 8.83. The minimum absolute atomic E-state index is 0.0582. The molecule has 1 aliphatic heterocycles. The zero-order valence-corrected chi connectivity index (χ0v) is 15.5. The van der Waals surface area contributed by atoms with E-state index in [0.717, 1.165) is 27.9 Å². The third-order valence-electron chi connectivity index (χ3n) is 4.66. The minimum atomic E-state index is -0.399. The molecule has 0 saturated heterocycles. The van der Waals surface area contributed by atoms with Crippen LogP contribution < -0.4 is 10.2 Å². The summed E-state index contributed by atoms with van der Waals surface area (Å²) in [4.78, 5) is 25.8. The fourth-order valence-electron chi connectivity index (χ4n) is 3.18. The van der Waals surface area contributed by atoms with Crippen LogP contribution in [-0.4, -0.2) is 18.9 Å². The topological polar surface area (TPSA) is 73.2 Å². The zero-order chi connectivity index (χ0) is 19.4. The van der Waals surface area contributed by atoms with Crippen molar-refractivity contribution < 1.29 is 9.59 Å². The van der Waals surface area contributed by atoms with E-state index in [4.69, 9.17) is 0 Å². The molecule has 0 aromatic heterocycles. The van der Waals surface area contributed by atoms with Gasteiger partial charge >= 0.3 is 0 Å². The van der Waals surface area contributed by atoms with Crippen molar-refractivity contribution >= 4 is 23.6 Å². The minimum Gasteiger partial charge on any atom is -0.347 e. The standard InChI is InChI=1S/C22H21N3O2/c1-15-4-3-5-17(10-15)14-24-22(27)19(13-23)12-16-6-8-20-18(11-16)7-9-21(26)25(20)2/h3-6,8,10-12H,7,9,14H2,1-2H3,(H,24,27)/b19-12+.